The van der Waals surface area contributed by atoms with Crippen molar-refractivity contribution in [3.63, 3.8) is 0 Å². The Balaban J connectivity index is 2.93. The van der Waals surface area contributed by atoms with Crippen LogP contribution in [0.15, 0.2) is 18.6 Å². The van der Waals surface area contributed by atoms with Crippen LogP contribution in [0.3, 0.4) is 0 Å². The van der Waals surface area contributed by atoms with Gasteiger partial charge in [0.2, 0.25) is 5.95 Å². The minimum Gasteiger partial charge on any atom is -0.368 e. The molecule has 5 heteroatoms. The number of anilines is 1. The van der Waals surface area contributed by atoms with Crippen LogP contribution in [0.25, 0.3) is 5.65 Å². The maximum absolute atomic E-state index is 5.43. The van der Waals surface area contributed by atoms with Crippen LogP contribution in [0.5, 0.6) is 0 Å². The topological polar surface area (TPSA) is 69.1 Å². The summed E-state index contributed by atoms with van der Waals surface area (Å²) in [4.78, 5) is 3.85. The summed E-state index contributed by atoms with van der Waals surface area (Å²) < 4.78 is 1.61. The van der Waals surface area contributed by atoms with Crippen molar-refractivity contribution in [2.24, 2.45) is 0 Å². The SMILES string of the molecule is Nc1nnc2ccncn12. The predicted molar refractivity (Wildman–Crippen MR) is 35.2 cm³/mol. The van der Waals surface area contributed by atoms with Crippen LogP contribution in [0, 0.1) is 0 Å². The average molecular weight is 135 g/mol. The van der Waals surface area contributed by atoms with Gasteiger partial charge in [-0.25, -0.2) is 4.98 Å². The largest absolute Gasteiger partial charge is 0.368 e. The van der Waals surface area contributed by atoms with Gasteiger partial charge in [0.25, 0.3) is 0 Å². The predicted octanol–water partition coefficient (Wildman–Crippen LogP) is -0.294. The zero-order chi connectivity index (χ0) is 6.97. The summed E-state index contributed by atoms with van der Waals surface area (Å²) >= 11 is 0. The normalized spacial score (nSPS) is 10.4. The number of nitrogens with zero attached hydrogens (tertiary/aromatic N) is 4. The molecule has 0 aliphatic heterocycles. The third-order valence-corrected chi connectivity index (χ3v) is 1.24. The zero-order valence-corrected chi connectivity index (χ0v) is 5.10. The van der Waals surface area contributed by atoms with E-state index in [0.29, 0.717) is 11.6 Å². The van der Waals surface area contributed by atoms with Gasteiger partial charge in [-0.3, -0.25) is 4.40 Å². The van der Waals surface area contributed by atoms with E-state index in [-0.39, 0.29) is 0 Å². The summed E-state index contributed by atoms with van der Waals surface area (Å²) in [6, 6.07) is 1.74. The second kappa shape index (κ2) is 1.66. The lowest BCUT2D eigenvalue weighted by Crippen LogP contribution is -1.93. The van der Waals surface area contributed by atoms with E-state index in [9.17, 15) is 0 Å². The first-order chi connectivity index (χ1) is 4.88. The number of aromatic nitrogens is 4. The number of hydrogen-bond donors (Lipinski definition) is 1. The van der Waals surface area contributed by atoms with E-state index in [0.717, 1.165) is 0 Å². The highest BCUT2D eigenvalue weighted by atomic mass is 15.3. The summed E-state index contributed by atoms with van der Waals surface area (Å²) in [5.41, 5.74) is 6.14. The molecule has 0 unspecified atom stereocenters. The average Bonchev–Trinajstić information content (AvgIpc) is 2.34. The molecule has 0 spiro atoms. The molecular formula is C5H5N5. The molecule has 5 nitrogen and oxygen atoms in total. The lowest BCUT2D eigenvalue weighted by Gasteiger charge is -1.88. The first-order valence-corrected chi connectivity index (χ1v) is 2.78. The van der Waals surface area contributed by atoms with Gasteiger partial charge >= 0.3 is 0 Å². The lowest BCUT2D eigenvalue weighted by atomic mass is 10.6. The quantitative estimate of drug-likeness (QED) is 0.538. The Bertz CT molecular complexity index is 352. The maximum Gasteiger partial charge on any atom is 0.227 e. The summed E-state index contributed by atoms with van der Waals surface area (Å²) in [6.45, 7) is 0. The third-order valence-electron chi connectivity index (χ3n) is 1.24. The van der Waals surface area contributed by atoms with Gasteiger partial charge in [-0.15, -0.1) is 10.2 Å². The van der Waals surface area contributed by atoms with Crippen LogP contribution in [0.2, 0.25) is 0 Å². The van der Waals surface area contributed by atoms with E-state index in [2.05, 4.69) is 15.2 Å². The summed E-state index contributed by atoms with van der Waals surface area (Å²) in [5.74, 6) is 0.364. The molecule has 2 aromatic heterocycles. The fraction of sp³-hybridized carbons (Fsp3) is 0. The standard InChI is InChI=1S/C5H5N5/c6-5-9-8-4-1-2-7-3-10(4)5/h1-3H,(H2,6,9). The maximum atomic E-state index is 5.43. The van der Waals surface area contributed by atoms with Crippen LogP contribution in [0.4, 0.5) is 5.95 Å². The van der Waals surface area contributed by atoms with Crippen LogP contribution < -0.4 is 5.73 Å². The second-order valence-electron chi connectivity index (χ2n) is 1.87. The molecule has 2 rings (SSSR count). The molecular weight excluding hydrogens is 130 g/mol. The van der Waals surface area contributed by atoms with E-state index >= 15 is 0 Å². The fourth-order valence-electron chi connectivity index (χ4n) is 0.763. The highest BCUT2D eigenvalue weighted by molar-refractivity contribution is 5.40. The van der Waals surface area contributed by atoms with Crippen molar-refractivity contribution in [1.29, 1.82) is 0 Å². The van der Waals surface area contributed by atoms with Crippen LogP contribution in [-0.2, 0) is 0 Å². The molecule has 0 aliphatic carbocycles. The van der Waals surface area contributed by atoms with Crippen LogP contribution in [0.1, 0.15) is 0 Å². The molecule has 0 bridgehead atoms. The van der Waals surface area contributed by atoms with Gasteiger partial charge in [-0.1, -0.05) is 0 Å². The number of nitrogens with two attached hydrogens (primary N) is 1. The number of rotatable bonds is 0. The van der Waals surface area contributed by atoms with Crippen molar-refractivity contribution in [3.05, 3.63) is 18.6 Å². The van der Waals surface area contributed by atoms with Crippen molar-refractivity contribution in [3.8, 4) is 0 Å². The molecule has 0 saturated carbocycles. The van der Waals surface area contributed by atoms with Gasteiger partial charge in [-0.05, 0) is 0 Å². The molecule has 0 atom stereocenters. The summed E-state index contributed by atoms with van der Waals surface area (Å²) in [5, 5.41) is 7.41. The van der Waals surface area contributed by atoms with Crippen molar-refractivity contribution >= 4 is 11.6 Å². The molecule has 10 heavy (non-hydrogen) atoms. The molecule has 0 amide bonds. The molecule has 0 saturated heterocycles. The Morgan fingerprint density at radius 1 is 1.40 bits per heavy atom. The Labute approximate surface area is 56.5 Å². The number of hydrogen-bond acceptors (Lipinski definition) is 4. The van der Waals surface area contributed by atoms with Crippen molar-refractivity contribution < 1.29 is 0 Å². The van der Waals surface area contributed by atoms with E-state index in [1.54, 1.807) is 23.0 Å². The second-order valence-corrected chi connectivity index (χ2v) is 1.87. The number of nitrogen functional groups attached to an aromatic ring is 1. The highest BCUT2D eigenvalue weighted by Gasteiger charge is 1.96. The molecule has 2 heterocycles. The van der Waals surface area contributed by atoms with Gasteiger partial charge in [0.15, 0.2) is 5.65 Å². The van der Waals surface area contributed by atoms with E-state index in [1.807, 2.05) is 0 Å². The van der Waals surface area contributed by atoms with Gasteiger partial charge in [0.1, 0.15) is 6.33 Å². The minimum atomic E-state index is 0.364. The van der Waals surface area contributed by atoms with E-state index in [4.69, 9.17) is 5.73 Å². The van der Waals surface area contributed by atoms with E-state index < -0.39 is 0 Å². The summed E-state index contributed by atoms with van der Waals surface area (Å²) in [6.07, 6.45) is 3.22. The molecule has 2 aromatic rings. The highest BCUT2D eigenvalue weighted by Crippen LogP contribution is 2.00. The Morgan fingerprint density at radius 3 is 3.10 bits per heavy atom. The molecule has 0 fully saturated rings. The molecule has 50 valence electrons. The Kier molecular flexibility index (Phi) is 0.858. The van der Waals surface area contributed by atoms with Crippen molar-refractivity contribution in [2.75, 3.05) is 5.73 Å². The molecule has 0 radical (unpaired) electrons. The Hall–Kier alpha value is -1.65. The van der Waals surface area contributed by atoms with Crippen molar-refractivity contribution in [1.82, 2.24) is 19.6 Å². The monoisotopic (exact) mass is 135 g/mol. The van der Waals surface area contributed by atoms with Gasteiger partial charge in [0, 0.05) is 12.3 Å². The molecule has 0 aromatic carbocycles. The Morgan fingerprint density at radius 2 is 2.30 bits per heavy atom. The first kappa shape index (κ1) is 5.16. The third kappa shape index (κ3) is 0.540. The lowest BCUT2D eigenvalue weighted by molar-refractivity contribution is 1.09. The molecule has 0 aliphatic rings. The van der Waals surface area contributed by atoms with Gasteiger partial charge in [0.05, 0.1) is 0 Å². The van der Waals surface area contributed by atoms with Gasteiger partial charge in [-0.2, -0.15) is 0 Å². The fourth-order valence-corrected chi connectivity index (χ4v) is 0.763. The van der Waals surface area contributed by atoms with Gasteiger partial charge < -0.3 is 5.73 Å². The smallest absolute Gasteiger partial charge is 0.227 e. The zero-order valence-electron chi connectivity index (χ0n) is 5.10. The minimum absolute atomic E-state index is 0.364. The number of fused-ring (bicyclic) bond motifs is 1. The first-order valence-electron chi connectivity index (χ1n) is 2.78. The summed E-state index contributed by atoms with van der Waals surface area (Å²) in [7, 11) is 0. The van der Waals surface area contributed by atoms with E-state index in [1.165, 1.54) is 0 Å². The van der Waals surface area contributed by atoms with Crippen LogP contribution >= 0.6 is 0 Å². The molecule has 2 N–H and O–H groups in total. The van der Waals surface area contributed by atoms with Crippen LogP contribution in [-0.4, -0.2) is 19.6 Å². The van der Waals surface area contributed by atoms with Crippen molar-refractivity contribution in [2.45, 2.75) is 0 Å².